The van der Waals surface area contributed by atoms with Crippen LogP contribution in [0, 0.1) is 0 Å². The molecular formula is C9H12Cl2N2O2S. The van der Waals surface area contributed by atoms with Gasteiger partial charge in [-0.05, 0) is 17.7 Å². The molecule has 0 aromatic heterocycles. The van der Waals surface area contributed by atoms with Gasteiger partial charge in [0.1, 0.15) is 4.90 Å². The van der Waals surface area contributed by atoms with E-state index in [4.69, 9.17) is 28.9 Å². The molecule has 0 aliphatic rings. The molecule has 0 fully saturated rings. The smallest absolute Gasteiger partial charge is 0.242 e. The summed E-state index contributed by atoms with van der Waals surface area (Å²) in [6, 6.07) is 2.78. The molecule has 0 saturated heterocycles. The molecule has 0 amide bonds. The van der Waals surface area contributed by atoms with Crippen LogP contribution in [0.25, 0.3) is 0 Å². The highest BCUT2D eigenvalue weighted by Gasteiger charge is 2.18. The first-order valence-electron chi connectivity index (χ1n) is 4.60. The summed E-state index contributed by atoms with van der Waals surface area (Å²) in [5.41, 5.74) is 5.99. The van der Waals surface area contributed by atoms with Crippen LogP contribution in [-0.2, 0) is 16.6 Å². The Bertz CT molecular complexity index is 489. The molecule has 0 aliphatic heterocycles. The maximum absolute atomic E-state index is 11.8. The normalized spacial score (nSPS) is 11.8. The lowest BCUT2D eigenvalue weighted by Crippen LogP contribution is -2.23. The van der Waals surface area contributed by atoms with E-state index in [1.54, 1.807) is 6.92 Å². The van der Waals surface area contributed by atoms with E-state index in [1.807, 2.05) is 0 Å². The maximum atomic E-state index is 11.8. The molecule has 4 nitrogen and oxygen atoms in total. The van der Waals surface area contributed by atoms with Gasteiger partial charge in [0.15, 0.2) is 0 Å². The van der Waals surface area contributed by atoms with Crippen molar-refractivity contribution in [1.82, 2.24) is 4.72 Å². The van der Waals surface area contributed by atoms with E-state index >= 15 is 0 Å². The number of hydrogen-bond acceptors (Lipinski definition) is 3. The standard InChI is InChI=1S/C9H12Cl2N2O2S/c1-2-13-16(14,15)9-3-6(5-12)7(10)4-8(9)11/h3-4,13H,2,5,12H2,1H3. The summed E-state index contributed by atoms with van der Waals surface area (Å²) in [4.78, 5) is 0.000802. The predicted octanol–water partition coefficient (Wildman–Crippen LogP) is 1.75. The first kappa shape index (κ1) is 13.7. The van der Waals surface area contributed by atoms with Crippen LogP contribution in [0.5, 0.6) is 0 Å². The maximum Gasteiger partial charge on any atom is 0.242 e. The van der Waals surface area contributed by atoms with Gasteiger partial charge >= 0.3 is 0 Å². The van der Waals surface area contributed by atoms with Gasteiger partial charge in [-0.15, -0.1) is 0 Å². The number of rotatable bonds is 4. The lowest BCUT2D eigenvalue weighted by Gasteiger charge is -2.09. The summed E-state index contributed by atoms with van der Waals surface area (Å²) in [6.07, 6.45) is 0. The summed E-state index contributed by atoms with van der Waals surface area (Å²) in [5, 5.41) is 0.450. The number of hydrogen-bond donors (Lipinski definition) is 2. The minimum Gasteiger partial charge on any atom is -0.326 e. The third-order valence-electron chi connectivity index (χ3n) is 1.94. The van der Waals surface area contributed by atoms with Gasteiger partial charge in [-0.3, -0.25) is 0 Å². The van der Waals surface area contributed by atoms with Gasteiger partial charge in [0, 0.05) is 18.1 Å². The molecule has 0 saturated carbocycles. The number of halogens is 2. The third kappa shape index (κ3) is 2.87. The van der Waals surface area contributed by atoms with Gasteiger partial charge in [0.25, 0.3) is 0 Å². The quantitative estimate of drug-likeness (QED) is 0.884. The highest BCUT2D eigenvalue weighted by Crippen LogP contribution is 2.28. The topological polar surface area (TPSA) is 72.2 Å². The number of nitrogens with one attached hydrogen (secondary N) is 1. The minimum absolute atomic E-state index is 0.000802. The molecule has 1 aromatic carbocycles. The Morgan fingerprint density at radius 1 is 1.31 bits per heavy atom. The van der Waals surface area contributed by atoms with E-state index in [-0.39, 0.29) is 16.5 Å². The predicted molar refractivity (Wildman–Crippen MR) is 65.2 cm³/mol. The molecule has 0 bridgehead atoms. The molecule has 7 heteroatoms. The van der Waals surface area contributed by atoms with Crippen molar-refractivity contribution in [2.75, 3.05) is 6.54 Å². The number of sulfonamides is 1. The molecule has 3 N–H and O–H groups in total. The second-order valence-corrected chi connectivity index (χ2v) is 5.63. The number of nitrogens with two attached hydrogens (primary N) is 1. The van der Waals surface area contributed by atoms with Gasteiger partial charge in [-0.2, -0.15) is 0 Å². The molecule has 90 valence electrons. The molecular weight excluding hydrogens is 271 g/mol. The van der Waals surface area contributed by atoms with Crippen molar-refractivity contribution in [2.45, 2.75) is 18.4 Å². The highest BCUT2D eigenvalue weighted by atomic mass is 35.5. The van der Waals surface area contributed by atoms with E-state index in [2.05, 4.69) is 4.72 Å². The van der Waals surface area contributed by atoms with E-state index in [9.17, 15) is 8.42 Å². The zero-order valence-electron chi connectivity index (χ0n) is 8.63. The van der Waals surface area contributed by atoms with Gasteiger partial charge < -0.3 is 5.73 Å². The summed E-state index contributed by atoms with van der Waals surface area (Å²) in [6.45, 7) is 2.13. The monoisotopic (exact) mass is 282 g/mol. The Morgan fingerprint density at radius 3 is 2.44 bits per heavy atom. The second kappa shape index (κ2) is 5.33. The van der Waals surface area contributed by atoms with Crippen LogP contribution in [0.3, 0.4) is 0 Å². The van der Waals surface area contributed by atoms with Crippen LogP contribution >= 0.6 is 23.2 Å². The van der Waals surface area contributed by atoms with Crippen LogP contribution in [0.1, 0.15) is 12.5 Å². The van der Waals surface area contributed by atoms with Crippen molar-refractivity contribution >= 4 is 33.2 Å². The summed E-state index contributed by atoms with van der Waals surface area (Å²) in [7, 11) is -3.59. The zero-order chi connectivity index (χ0) is 12.3. The van der Waals surface area contributed by atoms with Crippen LogP contribution in [0.15, 0.2) is 17.0 Å². The minimum atomic E-state index is -3.59. The molecule has 16 heavy (non-hydrogen) atoms. The van der Waals surface area contributed by atoms with Gasteiger partial charge in [0.2, 0.25) is 10.0 Å². The average Bonchev–Trinajstić information content (AvgIpc) is 2.17. The van der Waals surface area contributed by atoms with Crippen LogP contribution in [-0.4, -0.2) is 15.0 Å². The lowest BCUT2D eigenvalue weighted by molar-refractivity contribution is 0.584. The summed E-state index contributed by atoms with van der Waals surface area (Å²) < 4.78 is 25.9. The largest absolute Gasteiger partial charge is 0.326 e. The first-order valence-corrected chi connectivity index (χ1v) is 6.84. The van der Waals surface area contributed by atoms with Crippen molar-refractivity contribution in [3.8, 4) is 0 Å². The first-order chi connectivity index (χ1) is 7.42. The number of benzene rings is 1. The van der Waals surface area contributed by atoms with Crippen molar-refractivity contribution in [1.29, 1.82) is 0 Å². The Balaban J connectivity index is 3.34. The fourth-order valence-corrected chi connectivity index (χ4v) is 3.11. The van der Waals surface area contributed by atoms with E-state index in [1.165, 1.54) is 12.1 Å². The zero-order valence-corrected chi connectivity index (χ0v) is 11.0. The van der Waals surface area contributed by atoms with Crippen LogP contribution in [0.4, 0.5) is 0 Å². The third-order valence-corrected chi connectivity index (χ3v) is 4.31. The molecule has 0 atom stereocenters. The van der Waals surface area contributed by atoms with E-state index in [0.717, 1.165) is 0 Å². The fourth-order valence-electron chi connectivity index (χ4n) is 1.20. The lowest BCUT2D eigenvalue weighted by atomic mass is 10.2. The van der Waals surface area contributed by atoms with Gasteiger partial charge in [-0.25, -0.2) is 13.1 Å². The van der Waals surface area contributed by atoms with Crippen molar-refractivity contribution < 1.29 is 8.42 Å². The SMILES string of the molecule is CCNS(=O)(=O)c1cc(CN)c(Cl)cc1Cl. The molecule has 0 heterocycles. The Kier molecular flexibility index (Phi) is 4.58. The summed E-state index contributed by atoms with van der Waals surface area (Å²) >= 11 is 11.7. The van der Waals surface area contributed by atoms with E-state index < -0.39 is 10.0 Å². The Hall–Kier alpha value is -0.330. The Labute approximate surface area is 105 Å². The van der Waals surface area contributed by atoms with E-state index in [0.29, 0.717) is 17.1 Å². The molecule has 1 aromatic rings. The molecule has 1 rings (SSSR count). The van der Waals surface area contributed by atoms with Crippen molar-refractivity contribution in [2.24, 2.45) is 5.73 Å². The van der Waals surface area contributed by atoms with Crippen LogP contribution < -0.4 is 10.5 Å². The summed E-state index contributed by atoms with van der Waals surface area (Å²) in [5.74, 6) is 0. The Morgan fingerprint density at radius 2 is 1.94 bits per heavy atom. The highest BCUT2D eigenvalue weighted by molar-refractivity contribution is 7.89. The second-order valence-electron chi connectivity index (χ2n) is 3.08. The molecule has 0 unspecified atom stereocenters. The molecule has 0 aliphatic carbocycles. The van der Waals surface area contributed by atoms with Crippen molar-refractivity contribution in [3.63, 3.8) is 0 Å². The van der Waals surface area contributed by atoms with Crippen molar-refractivity contribution in [3.05, 3.63) is 27.7 Å². The average molecular weight is 283 g/mol. The molecule has 0 radical (unpaired) electrons. The fraction of sp³-hybridized carbons (Fsp3) is 0.333. The molecule has 0 spiro atoms. The van der Waals surface area contributed by atoms with Gasteiger partial charge in [-0.1, -0.05) is 30.1 Å². The van der Waals surface area contributed by atoms with Gasteiger partial charge in [0.05, 0.1) is 5.02 Å². The van der Waals surface area contributed by atoms with Crippen LogP contribution in [0.2, 0.25) is 10.0 Å².